The number of ether oxygens (including phenoxy) is 2. The number of nitrogens with zero attached hydrogens (tertiary/aromatic N) is 3. The van der Waals surface area contributed by atoms with Crippen molar-refractivity contribution < 1.29 is 18.8 Å². The van der Waals surface area contributed by atoms with Crippen molar-refractivity contribution in [1.29, 1.82) is 5.26 Å². The topological polar surface area (TPSA) is 114 Å². The van der Waals surface area contributed by atoms with Crippen LogP contribution in [0.3, 0.4) is 0 Å². The van der Waals surface area contributed by atoms with Gasteiger partial charge in [0, 0.05) is 12.1 Å². The van der Waals surface area contributed by atoms with E-state index in [1.54, 1.807) is 30.3 Å². The summed E-state index contributed by atoms with van der Waals surface area (Å²) >= 11 is 6.43. The number of methoxy groups -OCH3 is 1. The van der Waals surface area contributed by atoms with Crippen LogP contribution in [-0.4, -0.2) is 22.0 Å². The minimum absolute atomic E-state index is 0.0337. The predicted octanol–water partition coefficient (Wildman–Crippen LogP) is 5.92. The van der Waals surface area contributed by atoms with Gasteiger partial charge in [-0.3, -0.25) is 10.1 Å². The molecule has 10 heteroatoms. The number of fused-ring (bicyclic) bond motifs is 1. The standard InChI is InChI=1S/C24H16ClFN4O4/c1-33-22-10-15(7-16(12-27)24-28-20-6-5-17(26)11-21(20)29-24)9-19(25)23(22)34-13-14-3-2-4-18(8-14)30(31)32/h2-11H,13H2,1H3,(H,28,29)/b16-7-. The molecular formula is C24H16ClFN4O4. The molecule has 0 aliphatic heterocycles. The van der Waals surface area contributed by atoms with E-state index in [1.165, 1.54) is 37.4 Å². The second kappa shape index (κ2) is 9.60. The Morgan fingerprint density at radius 1 is 1.29 bits per heavy atom. The number of nitriles is 1. The van der Waals surface area contributed by atoms with E-state index in [2.05, 4.69) is 16.0 Å². The zero-order valence-electron chi connectivity index (χ0n) is 17.7. The third-order valence-corrected chi connectivity index (χ3v) is 5.17. The maximum Gasteiger partial charge on any atom is 0.269 e. The molecule has 1 heterocycles. The molecule has 0 radical (unpaired) electrons. The van der Waals surface area contributed by atoms with E-state index in [0.29, 0.717) is 27.9 Å². The van der Waals surface area contributed by atoms with Gasteiger partial charge in [0.05, 0.1) is 33.7 Å². The molecule has 0 bridgehead atoms. The molecule has 0 aliphatic rings. The molecule has 0 atom stereocenters. The molecule has 0 saturated carbocycles. The van der Waals surface area contributed by atoms with Crippen LogP contribution < -0.4 is 9.47 Å². The Labute approximate surface area is 198 Å². The summed E-state index contributed by atoms with van der Waals surface area (Å²) < 4.78 is 24.7. The number of benzene rings is 3. The fourth-order valence-electron chi connectivity index (χ4n) is 3.31. The van der Waals surface area contributed by atoms with Crippen molar-refractivity contribution in [2.45, 2.75) is 6.61 Å². The first-order valence-corrected chi connectivity index (χ1v) is 10.3. The quantitative estimate of drug-likeness (QED) is 0.200. The van der Waals surface area contributed by atoms with Gasteiger partial charge in [-0.2, -0.15) is 5.26 Å². The molecule has 0 amide bonds. The third kappa shape index (κ3) is 4.82. The molecule has 4 aromatic rings. The minimum atomic E-state index is -0.483. The van der Waals surface area contributed by atoms with Gasteiger partial charge in [0.15, 0.2) is 11.5 Å². The van der Waals surface area contributed by atoms with E-state index >= 15 is 0 Å². The normalized spacial score (nSPS) is 11.3. The highest BCUT2D eigenvalue weighted by molar-refractivity contribution is 6.32. The van der Waals surface area contributed by atoms with Crippen LogP contribution in [0.1, 0.15) is 17.0 Å². The molecule has 1 aromatic heterocycles. The molecule has 0 aliphatic carbocycles. The summed E-state index contributed by atoms with van der Waals surface area (Å²) in [5.74, 6) is 0.435. The number of halogens is 2. The smallest absolute Gasteiger partial charge is 0.269 e. The van der Waals surface area contributed by atoms with Gasteiger partial charge >= 0.3 is 0 Å². The summed E-state index contributed by atoms with van der Waals surface area (Å²) in [5.41, 5.74) is 2.30. The second-order valence-corrected chi connectivity index (χ2v) is 7.57. The lowest BCUT2D eigenvalue weighted by atomic mass is 10.1. The number of rotatable bonds is 7. The van der Waals surface area contributed by atoms with Gasteiger partial charge in [-0.1, -0.05) is 23.7 Å². The number of allylic oxidation sites excluding steroid dienone is 1. The minimum Gasteiger partial charge on any atom is -0.493 e. The monoisotopic (exact) mass is 478 g/mol. The van der Waals surface area contributed by atoms with Crippen molar-refractivity contribution >= 4 is 40.0 Å². The van der Waals surface area contributed by atoms with Crippen LogP contribution in [0.4, 0.5) is 10.1 Å². The lowest BCUT2D eigenvalue weighted by Gasteiger charge is -2.13. The molecule has 0 spiro atoms. The highest BCUT2D eigenvalue weighted by atomic mass is 35.5. The van der Waals surface area contributed by atoms with Gasteiger partial charge in [0.2, 0.25) is 0 Å². The van der Waals surface area contributed by atoms with Gasteiger partial charge in [-0.25, -0.2) is 9.37 Å². The van der Waals surface area contributed by atoms with Crippen molar-refractivity contribution in [3.8, 4) is 17.6 Å². The van der Waals surface area contributed by atoms with Crippen LogP contribution in [0, 0.1) is 27.3 Å². The molecule has 34 heavy (non-hydrogen) atoms. The van der Waals surface area contributed by atoms with Crippen LogP contribution in [0.25, 0.3) is 22.7 Å². The number of hydrogen-bond acceptors (Lipinski definition) is 6. The Kier molecular flexibility index (Phi) is 6.43. The van der Waals surface area contributed by atoms with Crippen LogP contribution in [0.15, 0.2) is 54.6 Å². The van der Waals surface area contributed by atoms with Gasteiger partial charge in [0.25, 0.3) is 5.69 Å². The molecule has 0 saturated heterocycles. The molecule has 8 nitrogen and oxygen atoms in total. The molecule has 0 unspecified atom stereocenters. The average molecular weight is 479 g/mol. The zero-order valence-corrected chi connectivity index (χ0v) is 18.5. The largest absolute Gasteiger partial charge is 0.493 e. The number of non-ortho nitro benzene ring substituents is 1. The van der Waals surface area contributed by atoms with Gasteiger partial charge in [-0.05, 0) is 47.5 Å². The van der Waals surface area contributed by atoms with Crippen molar-refractivity contribution in [1.82, 2.24) is 9.97 Å². The Hall–Kier alpha value is -4.42. The number of aromatic amines is 1. The van der Waals surface area contributed by atoms with E-state index in [4.69, 9.17) is 21.1 Å². The Balaban J connectivity index is 1.62. The maximum atomic E-state index is 13.5. The van der Waals surface area contributed by atoms with Crippen LogP contribution in [0.2, 0.25) is 5.02 Å². The highest BCUT2D eigenvalue weighted by Gasteiger charge is 2.15. The van der Waals surface area contributed by atoms with Crippen LogP contribution >= 0.6 is 11.6 Å². The number of aromatic nitrogens is 2. The maximum absolute atomic E-state index is 13.5. The van der Waals surface area contributed by atoms with E-state index in [0.717, 1.165) is 0 Å². The molecule has 1 N–H and O–H groups in total. The van der Waals surface area contributed by atoms with Crippen LogP contribution in [0.5, 0.6) is 11.5 Å². The van der Waals surface area contributed by atoms with Crippen molar-refractivity contribution in [2.24, 2.45) is 0 Å². The number of H-pyrrole nitrogens is 1. The summed E-state index contributed by atoms with van der Waals surface area (Å²) in [6.45, 7) is 0.0337. The Morgan fingerprint density at radius 2 is 2.12 bits per heavy atom. The summed E-state index contributed by atoms with van der Waals surface area (Å²) in [6, 6.07) is 15.5. The van der Waals surface area contributed by atoms with Crippen molar-refractivity contribution in [2.75, 3.05) is 7.11 Å². The number of nitrogens with one attached hydrogen (secondary N) is 1. The Bertz CT molecular complexity index is 1480. The molecule has 0 fully saturated rings. The lowest BCUT2D eigenvalue weighted by Crippen LogP contribution is -2.00. The third-order valence-electron chi connectivity index (χ3n) is 4.89. The predicted molar refractivity (Wildman–Crippen MR) is 125 cm³/mol. The van der Waals surface area contributed by atoms with Crippen molar-refractivity contribution in [3.05, 3.63) is 92.5 Å². The number of nitro groups is 1. The summed E-state index contributed by atoms with van der Waals surface area (Å²) in [4.78, 5) is 17.8. The summed E-state index contributed by atoms with van der Waals surface area (Å²) in [7, 11) is 1.44. The highest BCUT2D eigenvalue weighted by Crippen LogP contribution is 2.38. The molecule has 170 valence electrons. The van der Waals surface area contributed by atoms with Gasteiger partial charge in [0.1, 0.15) is 24.3 Å². The second-order valence-electron chi connectivity index (χ2n) is 7.17. The van der Waals surface area contributed by atoms with Gasteiger partial charge < -0.3 is 14.5 Å². The average Bonchev–Trinajstić information content (AvgIpc) is 3.24. The molecule has 4 rings (SSSR count). The molecular weight excluding hydrogens is 463 g/mol. The number of imidazole rings is 1. The van der Waals surface area contributed by atoms with Crippen molar-refractivity contribution in [3.63, 3.8) is 0 Å². The van der Waals surface area contributed by atoms with E-state index in [9.17, 15) is 19.8 Å². The molecule has 3 aromatic carbocycles. The van der Waals surface area contributed by atoms with E-state index in [1.807, 2.05) is 0 Å². The summed E-state index contributed by atoms with van der Waals surface area (Å²) in [5, 5.41) is 20.8. The lowest BCUT2D eigenvalue weighted by molar-refractivity contribution is -0.384. The summed E-state index contributed by atoms with van der Waals surface area (Å²) in [6.07, 6.45) is 1.56. The van der Waals surface area contributed by atoms with E-state index < -0.39 is 10.7 Å². The Morgan fingerprint density at radius 3 is 2.85 bits per heavy atom. The SMILES string of the molecule is COc1cc(/C=C(/C#N)c2nc3ccc(F)cc3[nH]2)cc(Cl)c1OCc1cccc([N+](=O)[O-])c1. The first-order valence-electron chi connectivity index (χ1n) is 9.89. The number of nitro benzene ring substituents is 1. The number of hydrogen-bond donors (Lipinski definition) is 1. The van der Waals surface area contributed by atoms with Gasteiger partial charge in [-0.15, -0.1) is 0 Å². The fraction of sp³-hybridized carbons (Fsp3) is 0.0833. The zero-order chi connectivity index (χ0) is 24.2. The van der Waals surface area contributed by atoms with E-state index in [-0.39, 0.29) is 34.5 Å². The first kappa shape index (κ1) is 22.8. The fourth-order valence-corrected chi connectivity index (χ4v) is 3.58. The first-order chi connectivity index (χ1) is 16.4. The van der Waals surface area contributed by atoms with Crippen LogP contribution in [-0.2, 0) is 6.61 Å².